The molecule has 0 fully saturated rings. The summed E-state index contributed by atoms with van der Waals surface area (Å²) in [4.78, 5) is 61.3. The second-order valence-corrected chi connectivity index (χ2v) is 16.4. The van der Waals surface area contributed by atoms with E-state index in [0.717, 1.165) is 11.4 Å². The smallest absolute Gasteiger partial charge is 0.261 e. The number of amidine groups is 1. The van der Waals surface area contributed by atoms with Gasteiger partial charge in [0.2, 0.25) is 0 Å². The summed E-state index contributed by atoms with van der Waals surface area (Å²) in [5, 5.41) is 15.6. The number of amides is 4. The lowest BCUT2D eigenvalue weighted by Crippen LogP contribution is -2.38. The van der Waals surface area contributed by atoms with Crippen LogP contribution >= 0.6 is 51.5 Å². The number of carbonyl (C=O) groups is 4. The van der Waals surface area contributed by atoms with E-state index < -0.39 is 7.15 Å². The molecule has 310 valence electrons. The number of aliphatic imine (C=N–C) groups is 1. The summed E-state index contributed by atoms with van der Waals surface area (Å²) in [6, 6.07) is 13.6. The molecule has 2 aliphatic rings. The van der Waals surface area contributed by atoms with Gasteiger partial charge in [0.25, 0.3) is 23.6 Å². The zero-order valence-electron chi connectivity index (χ0n) is 34.1. The molecule has 4 amide bonds. The summed E-state index contributed by atoms with van der Waals surface area (Å²) in [6.07, 6.45) is 0. The van der Waals surface area contributed by atoms with Gasteiger partial charge in [-0.1, -0.05) is 103 Å². The van der Waals surface area contributed by atoms with Crippen LogP contribution in [0.5, 0.6) is 0 Å². The van der Waals surface area contributed by atoms with E-state index >= 15 is 0 Å². The van der Waals surface area contributed by atoms with Crippen molar-refractivity contribution in [2.45, 2.75) is 72.1 Å². The maximum atomic E-state index is 12.5. The highest BCUT2D eigenvalue weighted by Gasteiger charge is 2.38. The first-order chi connectivity index (χ1) is 27.7. The third kappa shape index (κ3) is 9.37. The number of hydrogen-bond acceptors (Lipinski definition) is 8. The van der Waals surface area contributed by atoms with Crippen molar-refractivity contribution in [1.29, 1.82) is 0 Å². The fourth-order valence-corrected chi connectivity index (χ4v) is 7.03. The number of rotatable bonds is 7. The van der Waals surface area contributed by atoms with Gasteiger partial charge in [-0.15, -0.1) is 5.10 Å². The second kappa shape index (κ2) is 18.6. The topological polar surface area (TPSA) is 188 Å². The Morgan fingerprint density at radius 2 is 1.26 bits per heavy atom. The SMILES string of the molecule is BrBr.CC(CN1C(=O)c2ccccc2C1=O)C(N)=Nc1n[nH]c(C(C)(C)C)c1Cl.CC(CN1C(=O)c2ccccc2C1=O)c1nc2c(Cl)c(C(C)(C)C)[nH]n2n1.[2H]CF. The molecule has 0 aliphatic carbocycles. The molecule has 2 unspecified atom stereocenters. The molecular formula is C39H45Br2Cl2FN10O4. The number of nitrogens with two attached hydrogens (primary N) is 1. The van der Waals surface area contributed by atoms with Gasteiger partial charge in [0.05, 0.1) is 42.2 Å². The average Bonchev–Trinajstić information content (AvgIpc) is 3.97. The Morgan fingerprint density at radius 1 is 0.828 bits per heavy atom. The highest BCUT2D eigenvalue weighted by molar-refractivity contribution is 9.93. The van der Waals surface area contributed by atoms with Crippen LogP contribution in [0.3, 0.4) is 0 Å². The first-order valence-electron chi connectivity index (χ1n) is 18.5. The number of imide groups is 2. The maximum absolute atomic E-state index is 12.5. The lowest BCUT2D eigenvalue weighted by molar-refractivity contribution is 0.0629. The van der Waals surface area contributed by atoms with Crippen LogP contribution in [-0.4, -0.2) is 89.5 Å². The summed E-state index contributed by atoms with van der Waals surface area (Å²) < 4.78 is 17.1. The van der Waals surface area contributed by atoms with Crippen LogP contribution in [-0.2, 0) is 10.8 Å². The van der Waals surface area contributed by atoms with Crippen LogP contribution in [0.4, 0.5) is 10.2 Å². The van der Waals surface area contributed by atoms with Gasteiger partial charge in [-0.3, -0.25) is 43.6 Å². The summed E-state index contributed by atoms with van der Waals surface area (Å²) in [6.45, 7) is 16.2. The number of carbonyl (C=O) groups excluding carboxylic acids is 4. The molecule has 0 saturated carbocycles. The Kier molecular flexibility index (Phi) is 14.4. The monoisotopic (exact) mass is 965 g/mol. The molecule has 0 bridgehead atoms. The molecule has 2 atom stereocenters. The van der Waals surface area contributed by atoms with Crippen LogP contribution < -0.4 is 5.73 Å². The molecule has 2 aromatic carbocycles. The number of fused-ring (bicyclic) bond motifs is 3. The largest absolute Gasteiger partial charge is 0.387 e. The lowest BCUT2D eigenvalue weighted by Gasteiger charge is -2.19. The van der Waals surface area contributed by atoms with Crippen molar-refractivity contribution in [3.8, 4) is 0 Å². The first kappa shape index (κ1) is 44.6. The number of nitrogens with zero attached hydrogens (tertiary/aromatic N) is 7. The molecule has 5 aromatic rings. The van der Waals surface area contributed by atoms with Crippen molar-refractivity contribution < 1.29 is 24.9 Å². The summed E-state index contributed by atoms with van der Waals surface area (Å²) in [5.74, 6) is -0.687. The fraction of sp³-hybridized carbons (Fsp3) is 0.385. The Labute approximate surface area is 362 Å². The molecule has 5 heterocycles. The average molecular weight is 969 g/mol. The van der Waals surface area contributed by atoms with Crippen LogP contribution in [0.1, 0.15) is 121 Å². The van der Waals surface area contributed by atoms with Gasteiger partial charge in [-0.05, 0) is 24.3 Å². The van der Waals surface area contributed by atoms with Crippen molar-refractivity contribution in [2.24, 2.45) is 16.6 Å². The molecule has 0 saturated heterocycles. The van der Waals surface area contributed by atoms with E-state index in [-0.39, 0.29) is 65.2 Å². The fourth-order valence-electron chi connectivity index (χ4n) is 6.18. The highest BCUT2D eigenvalue weighted by atomic mass is 80.9. The Bertz CT molecular complexity index is 2320. The second-order valence-electron chi connectivity index (χ2n) is 15.6. The van der Waals surface area contributed by atoms with E-state index in [1.165, 1.54) is 9.80 Å². The third-order valence-electron chi connectivity index (χ3n) is 9.30. The minimum Gasteiger partial charge on any atom is -0.387 e. The van der Waals surface area contributed by atoms with Gasteiger partial charge in [0.15, 0.2) is 17.3 Å². The van der Waals surface area contributed by atoms with E-state index in [1.54, 1.807) is 60.1 Å². The molecule has 7 rings (SSSR count). The third-order valence-corrected chi connectivity index (χ3v) is 10.0. The normalized spacial score (nSPS) is 15.2. The first-order valence-corrected chi connectivity index (χ1v) is 22.3. The van der Waals surface area contributed by atoms with Crippen LogP contribution in [0, 0.1) is 5.92 Å². The minimum atomic E-state index is -1.00. The van der Waals surface area contributed by atoms with Crippen molar-refractivity contribution in [3.05, 3.63) is 98.0 Å². The summed E-state index contributed by atoms with van der Waals surface area (Å²) in [7, 11) is -1.00. The Balaban J connectivity index is 0.000000235. The van der Waals surface area contributed by atoms with E-state index in [4.69, 9.17) is 30.3 Å². The van der Waals surface area contributed by atoms with Crippen molar-refractivity contribution >= 4 is 92.4 Å². The quantitative estimate of drug-likeness (QED) is 0.0819. The number of halogens is 5. The molecule has 0 spiro atoms. The zero-order chi connectivity index (χ0) is 44.1. The predicted octanol–water partition coefficient (Wildman–Crippen LogP) is 8.97. The van der Waals surface area contributed by atoms with Crippen LogP contribution in [0.15, 0.2) is 53.5 Å². The zero-order valence-corrected chi connectivity index (χ0v) is 37.8. The molecule has 2 aliphatic heterocycles. The minimum absolute atomic E-state index is 0.135. The summed E-state index contributed by atoms with van der Waals surface area (Å²) in [5.41, 5.74) is 9.61. The molecule has 4 N–H and O–H groups in total. The molecule has 0 radical (unpaired) electrons. The van der Waals surface area contributed by atoms with Gasteiger partial charge >= 0.3 is 0 Å². The predicted molar refractivity (Wildman–Crippen MR) is 231 cm³/mol. The molecule has 3 aromatic heterocycles. The van der Waals surface area contributed by atoms with E-state index in [1.807, 2.05) is 27.7 Å². The number of aromatic amines is 2. The molecular weight excluding hydrogens is 922 g/mol. The molecule has 14 nitrogen and oxygen atoms in total. The number of nitrogens with one attached hydrogen (secondary N) is 2. The van der Waals surface area contributed by atoms with E-state index in [9.17, 15) is 23.6 Å². The van der Waals surface area contributed by atoms with Gasteiger partial charge in [0.1, 0.15) is 15.9 Å². The number of alkyl halides is 1. The van der Waals surface area contributed by atoms with Gasteiger partial charge in [-0.2, -0.15) is 9.73 Å². The van der Waals surface area contributed by atoms with Crippen molar-refractivity contribution in [1.82, 2.24) is 39.8 Å². The van der Waals surface area contributed by atoms with E-state index in [2.05, 4.69) is 79.4 Å². The standard InChI is InChI=1S/C19H20ClN5O2.C19H22ClN5O2.CH3F.Br2/c1-10(9-24-17(26)11-7-5-6-8-12(11)18(24)27)15-21-16-13(20)14(19(2,3)4)22-25(16)23-15;1-10(9-25-17(26)11-7-5-6-8-12(11)18(25)27)15(21)22-16-13(20)14(23-24-16)19(2,3)4;2*1-2/h5-8,10,22H,9H2,1-4H3;5-8,10H,9H2,1-4H3,(H3,21,22,23,24);1H3;/i;;1D;. The summed E-state index contributed by atoms with van der Waals surface area (Å²) >= 11 is 18.3. The number of H-pyrrole nitrogens is 2. The Morgan fingerprint density at radius 3 is 1.66 bits per heavy atom. The van der Waals surface area contributed by atoms with Gasteiger partial charge < -0.3 is 5.73 Å². The van der Waals surface area contributed by atoms with Gasteiger partial charge in [-0.25, -0.2) is 9.98 Å². The van der Waals surface area contributed by atoms with Crippen LogP contribution in [0.2, 0.25) is 10.0 Å². The van der Waals surface area contributed by atoms with Crippen molar-refractivity contribution in [3.63, 3.8) is 0 Å². The van der Waals surface area contributed by atoms with E-state index in [0.29, 0.717) is 49.6 Å². The van der Waals surface area contributed by atoms with Gasteiger partial charge in [0, 0.05) is 64.0 Å². The Hall–Kier alpha value is -4.45. The number of hydrogen-bond donors (Lipinski definition) is 3. The maximum Gasteiger partial charge on any atom is 0.261 e. The van der Waals surface area contributed by atoms with Crippen molar-refractivity contribution in [2.75, 3.05) is 20.2 Å². The number of benzene rings is 2. The highest BCUT2D eigenvalue weighted by Crippen LogP contribution is 2.35. The molecule has 19 heteroatoms. The molecule has 58 heavy (non-hydrogen) atoms. The van der Waals surface area contributed by atoms with Crippen LogP contribution in [0.25, 0.3) is 5.65 Å². The number of aromatic nitrogens is 6. The lowest BCUT2D eigenvalue weighted by atomic mass is 9.92.